The summed E-state index contributed by atoms with van der Waals surface area (Å²) >= 11 is 5.84. The van der Waals surface area contributed by atoms with Crippen LogP contribution in [0.5, 0.6) is 0 Å². The van der Waals surface area contributed by atoms with E-state index in [0.29, 0.717) is 29.8 Å². The molecule has 1 heterocycles. The van der Waals surface area contributed by atoms with Crippen molar-refractivity contribution in [2.24, 2.45) is 0 Å². The van der Waals surface area contributed by atoms with Gasteiger partial charge in [-0.05, 0) is 12.8 Å². The molecule has 0 amide bonds. The Kier molecular flexibility index (Phi) is 5.46. The van der Waals surface area contributed by atoms with Gasteiger partial charge < -0.3 is 10.6 Å². The fourth-order valence-corrected chi connectivity index (χ4v) is 1.43. The second-order valence-electron chi connectivity index (χ2n) is 3.64. The third-order valence-electron chi connectivity index (χ3n) is 2.15. The second kappa shape index (κ2) is 6.63. The molecule has 0 radical (unpaired) electrons. The molecule has 4 nitrogen and oxygen atoms in total. The third kappa shape index (κ3) is 5.39. The van der Waals surface area contributed by atoms with Crippen LogP contribution in [0.3, 0.4) is 0 Å². The molecule has 0 saturated carbocycles. The van der Waals surface area contributed by atoms with Crippen LogP contribution in [0.2, 0.25) is 5.02 Å². The van der Waals surface area contributed by atoms with Crippen molar-refractivity contribution in [3.63, 3.8) is 0 Å². The molecule has 8 heteroatoms. The lowest BCUT2D eigenvalue weighted by atomic mass is 10.2. The van der Waals surface area contributed by atoms with Crippen molar-refractivity contribution in [1.82, 2.24) is 9.97 Å². The molecular weight excluding hydrogens is 269 g/mol. The van der Waals surface area contributed by atoms with Crippen LogP contribution in [-0.2, 0) is 0 Å². The van der Waals surface area contributed by atoms with Gasteiger partial charge in [-0.1, -0.05) is 11.6 Å². The number of hydrogen-bond acceptors (Lipinski definition) is 4. The third-order valence-corrected chi connectivity index (χ3v) is 2.42. The molecule has 0 fully saturated rings. The van der Waals surface area contributed by atoms with E-state index in [1.807, 2.05) is 0 Å². The van der Waals surface area contributed by atoms with Gasteiger partial charge in [-0.3, -0.25) is 0 Å². The highest BCUT2D eigenvalue weighted by Gasteiger charge is 2.25. The summed E-state index contributed by atoms with van der Waals surface area (Å²) in [6.45, 7) is 0.385. The Hall–Kier alpha value is -1.24. The maximum absolute atomic E-state index is 11.9. The Balaban J connectivity index is 2.35. The lowest BCUT2D eigenvalue weighted by Crippen LogP contribution is -2.10. The normalized spacial score (nSPS) is 11.4. The molecular formula is C10H14ClF3N4. The second-order valence-corrected chi connectivity index (χ2v) is 4.05. The minimum absolute atomic E-state index is 0.0814. The summed E-state index contributed by atoms with van der Waals surface area (Å²) in [5.41, 5.74) is 0. The molecule has 1 aromatic rings. The van der Waals surface area contributed by atoms with E-state index in [2.05, 4.69) is 20.6 Å². The molecule has 0 saturated heterocycles. The lowest BCUT2D eigenvalue weighted by Gasteiger charge is -2.09. The van der Waals surface area contributed by atoms with Crippen molar-refractivity contribution in [3.05, 3.63) is 11.2 Å². The van der Waals surface area contributed by atoms with Crippen molar-refractivity contribution in [2.45, 2.75) is 25.4 Å². The highest BCUT2D eigenvalue weighted by atomic mass is 35.5. The van der Waals surface area contributed by atoms with E-state index in [0.717, 1.165) is 0 Å². The highest BCUT2D eigenvalue weighted by Crippen LogP contribution is 2.23. The maximum Gasteiger partial charge on any atom is 0.389 e. The summed E-state index contributed by atoms with van der Waals surface area (Å²) in [7, 11) is 1.66. The van der Waals surface area contributed by atoms with Crippen LogP contribution < -0.4 is 10.6 Å². The summed E-state index contributed by atoms with van der Waals surface area (Å²) in [6, 6.07) is 0. The zero-order chi connectivity index (χ0) is 13.6. The van der Waals surface area contributed by atoms with Crippen molar-refractivity contribution in [2.75, 3.05) is 24.2 Å². The first-order valence-corrected chi connectivity index (χ1v) is 5.81. The van der Waals surface area contributed by atoms with Crippen molar-refractivity contribution in [1.29, 1.82) is 0 Å². The van der Waals surface area contributed by atoms with E-state index in [1.54, 1.807) is 7.05 Å². The quantitative estimate of drug-likeness (QED) is 0.786. The van der Waals surface area contributed by atoms with Crippen LogP contribution in [-0.4, -0.2) is 29.7 Å². The smallest absolute Gasteiger partial charge is 0.369 e. The van der Waals surface area contributed by atoms with Crippen LogP contribution in [0.15, 0.2) is 6.20 Å². The number of aromatic nitrogens is 2. The van der Waals surface area contributed by atoms with Crippen LogP contribution >= 0.6 is 11.6 Å². The van der Waals surface area contributed by atoms with Gasteiger partial charge in [0.05, 0.1) is 6.20 Å². The summed E-state index contributed by atoms with van der Waals surface area (Å²) in [5.74, 6) is 0.820. The molecule has 102 valence electrons. The molecule has 0 aliphatic heterocycles. The largest absolute Gasteiger partial charge is 0.389 e. The van der Waals surface area contributed by atoms with Gasteiger partial charge in [-0.25, -0.2) is 4.98 Å². The first-order chi connectivity index (χ1) is 8.42. The molecule has 0 aliphatic carbocycles. The maximum atomic E-state index is 11.9. The molecule has 18 heavy (non-hydrogen) atoms. The number of anilines is 2. The van der Waals surface area contributed by atoms with Gasteiger partial charge in [0.1, 0.15) is 10.8 Å². The van der Waals surface area contributed by atoms with E-state index < -0.39 is 12.6 Å². The van der Waals surface area contributed by atoms with Gasteiger partial charge in [0.25, 0.3) is 0 Å². The topological polar surface area (TPSA) is 49.8 Å². The van der Waals surface area contributed by atoms with Gasteiger partial charge in [0.2, 0.25) is 5.95 Å². The van der Waals surface area contributed by atoms with E-state index >= 15 is 0 Å². The minimum Gasteiger partial charge on any atom is -0.369 e. The average Bonchev–Trinajstić information content (AvgIpc) is 2.29. The average molecular weight is 283 g/mol. The van der Waals surface area contributed by atoms with E-state index in [-0.39, 0.29) is 6.42 Å². The number of halogens is 4. The molecule has 0 unspecified atom stereocenters. The first-order valence-electron chi connectivity index (χ1n) is 5.43. The number of unbranched alkanes of at least 4 members (excludes halogenated alkanes) is 1. The minimum atomic E-state index is -4.09. The van der Waals surface area contributed by atoms with Crippen molar-refractivity contribution in [3.8, 4) is 0 Å². The lowest BCUT2D eigenvalue weighted by molar-refractivity contribution is -0.135. The SMILES string of the molecule is CNc1ncc(Cl)c(NCCCCC(F)(F)F)n1. The Bertz CT molecular complexity index is 384. The Morgan fingerprint density at radius 1 is 1.33 bits per heavy atom. The van der Waals surface area contributed by atoms with E-state index in [1.165, 1.54) is 6.20 Å². The fraction of sp³-hybridized carbons (Fsp3) is 0.600. The van der Waals surface area contributed by atoms with Gasteiger partial charge in [-0.15, -0.1) is 0 Å². The Labute approximate surface area is 108 Å². The van der Waals surface area contributed by atoms with Crippen LogP contribution in [0, 0.1) is 0 Å². The van der Waals surface area contributed by atoms with E-state index in [4.69, 9.17) is 11.6 Å². The number of rotatable bonds is 6. The summed E-state index contributed by atoms with van der Waals surface area (Å²) < 4.78 is 35.7. The Morgan fingerprint density at radius 3 is 2.67 bits per heavy atom. The Morgan fingerprint density at radius 2 is 2.06 bits per heavy atom. The summed E-state index contributed by atoms with van der Waals surface area (Å²) in [4.78, 5) is 7.94. The van der Waals surface area contributed by atoms with Crippen LogP contribution in [0.1, 0.15) is 19.3 Å². The molecule has 0 aromatic carbocycles. The predicted octanol–water partition coefficient (Wildman–Crippen LogP) is 3.32. The van der Waals surface area contributed by atoms with Crippen LogP contribution in [0.4, 0.5) is 24.9 Å². The zero-order valence-corrected chi connectivity index (χ0v) is 10.6. The highest BCUT2D eigenvalue weighted by molar-refractivity contribution is 6.32. The summed E-state index contributed by atoms with van der Waals surface area (Å²) in [6.07, 6.45) is -2.95. The fourth-order valence-electron chi connectivity index (χ4n) is 1.27. The van der Waals surface area contributed by atoms with Gasteiger partial charge in [-0.2, -0.15) is 18.2 Å². The van der Waals surface area contributed by atoms with Gasteiger partial charge in [0, 0.05) is 20.0 Å². The van der Waals surface area contributed by atoms with Gasteiger partial charge >= 0.3 is 6.18 Å². The molecule has 0 atom stereocenters. The van der Waals surface area contributed by atoms with Crippen molar-refractivity contribution < 1.29 is 13.2 Å². The summed E-state index contributed by atoms with van der Waals surface area (Å²) in [5, 5.41) is 5.97. The number of nitrogens with zero attached hydrogens (tertiary/aromatic N) is 2. The number of hydrogen-bond donors (Lipinski definition) is 2. The molecule has 0 aliphatic rings. The zero-order valence-electron chi connectivity index (χ0n) is 9.81. The molecule has 1 rings (SSSR count). The monoisotopic (exact) mass is 282 g/mol. The molecule has 0 spiro atoms. The number of alkyl halides is 3. The molecule has 0 bridgehead atoms. The van der Waals surface area contributed by atoms with E-state index in [9.17, 15) is 13.2 Å². The van der Waals surface area contributed by atoms with Crippen molar-refractivity contribution >= 4 is 23.4 Å². The predicted molar refractivity (Wildman–Crippen MR) is 65.0 cm³/mol. The first kappa shape index (κ1) is 14.8. The molecule has 2 N–H and O–H groups in total. The van der Waals surface area contributed by atoms with Gasteiger partial charge in [0.15, 0.2) is 0 Å². The van der Waals surface area contributed by atoms with Crippen LogP contribution in [0.25, 0.3) is 0 Å². The molecule has 1 aromatic heterocycles. The number of nitrogens with one attached hydrogen (secondary N) is 2. The standard InChI is InChI=1S/C10H14ClF3N4/c1-15-9-17-6-7(11)8(18-9)16-5-3-2-4-10(12,13)14/h6H,2-5H2,1H3,(H2,15,16,17,18).